The number of nitrogens with zero attached hydrogens (tertiary/aromatic N) is 2. The molecular weight excluding hydrogens is 373 g/mol. The first-order valence-corrected chi connectivity index (χ1v) is 8.75. The Kier molecular flexibility index (Phi) is 4.13. The van der Waals surface area contributed by atoms with Gasteiger partial charge in [-0.25, -0.2) is 0 Å². The number of ether oxygens (including phenoxy) is 1. The van der Waals surface area contributed by atoms with Crippen LogP contribution in [0.4, 0.5) is 5.69 Å². The number of benzene rings is 2. The van der Waals surface area contributed by atoms with Crippen molar-refractivity contribution in [3.63, 3.8) is 0 Å². The second-order valence-electron chi connectivity index (χ2n) is 6.11. The van der Waals surface area contributed by atoms with Crippen LogP contribution in [0.1, 0.15) is 5.69 Å². The number of rotatable bonds is 2. The molecule has 0 spiro atoms. The van der Waals surface area contributed by atoms with Gasteiger partial charge in [0.25, 0.3) is 5.91 Å². The lowest BCUT2D eigenvalue weighted by atomic mass is 9.98. The molecule has 1 aliphatic heterocycles. The monoisotopic (exact) mass is 387 g/mol. The van der Waals surface area contributed by atoms with Crippen LogP contribution < -0.4 is 10.1 Å². The van der Waals surface area contributed by atoms with Crippen molar-refractivity contribution in [2.24, 2.45) is 7.05 Å². The minimum atomic E-state index is -0.166. The highest BCUT2D eigenvalue weighted by molar-refractivity contribution is 6.42. The van der Waals surface area contributed by atoms with Gasteiger partial charge < -0.3 is 10.1 Å². The van der Waals surface area contributed by atoms with Crippen LogP contribution in [-0.4, -0.2) is 22.3 Å². The van der Waals surface area contributed by atoms with Gasteiger partial charge in [0, 0.05) is 18.2 Å². The van der Waals surface area contributed by atoms with Crippen molar-refractivity contribution >= 4 is 34.8 Å². The molecule has 26 heavy (non-hydrogen) atoms. The van der Waals surface area contributed by atoms with Gasteiger partial charge in [-0.15, -0.1) is 0 Å². The number of aryl methyl sites for hydroxylation is 2. The lowest BCUT2D eigenvalue weighted by Crippen LogP contribution is -2.25. The van der Waals surface area contributed by atoms with E-state index >= 15 is 0 Å². The normalized spacial score (nSPS) is 13.2. The van der Waals surface area contributed by atoms with Crippen LogP contribution in [-0.2, 0) is 11.8 Å². The second kappa shape index (κ2) is 6.34. The number of hydrogen-bond acceptors (Lipinski definition) is 3. The zero-order valence-corrected chi connectivity index (χ0v) is 15.6. The van der Waals surface area contributed by atoms with Crippen LogP contribution in [0, 0.1) is 6.92 Å². The molecule has 1 amide bonds. The van der Waals surface area contributed by atoms with Crippen molar-refractivity contribution < 1.29 is 9.53 Å². The number of carbonyl (C=O) groups excluding carboxylic acids is 1. The number of nitrogens with one attached hydrogen (secondary N) is 1. The van der Waals surface area contributed by atoms with Gasteiger partial charge in [0.05, 0.1) is 27.1 Å². The summed E-state index contributed by atoms with van der Waals surface area (Å²) in [5, 5.41) is 8.40. The number of aromatic nitrogens is 2. The van der Waals surface area contributed by atoms with Crippen LogP contribution in [0.3, 0.4) is 0 Å². The summed E-state index contributed by atoms with van der Waals surface area (Å²) in [6.45, 7) is 1.98. The van der Waals surface area contributed by atoms with Crippen LogP contribution >= 0.6 is 23.2 Å². The molecule has 0 unspecified atom stereocenters. The molecule has 3 aromatic rings. The van der Waals surface area contributed by atoms with E-state index in [1.165, 1.54) is 0 Å². The van der Waals surface area contributed by atoms with Crippen molar-refractivity contribution in [3.05, 3.63) is 52.1 Å². The van der Waals surface area contributed by atoms with Crippen molar-refractivity contribution in [1.29, 1.82) is 0 Å². The van der Waals surface area contributed by atoms with Gasteiger partial charge >= 0.3 is 0 Å². The van der Waals surface area contributed by atoms with E-state index < -0.39 is 0 Å². The number of fused-ring (bicyclic) bond motifs is 1. The Hall–Kier alpha value is -2.50. The fourth-order valence-corrected chi connectivity index (χ4v) is 3.52. The Morgan fingerprint density at radius 1 is 1.12 bits per heavy atom. The molecule has 0 saturated heterocycles. The third-order valence-electron chi connectivity index (χ3n) is 4.32. The standard InChI is InChI=1S/C19H15Cl2N3O2/c1-10-18(11-3-5-13(20)14(21)7-11)19(24(2)23-10)12-4-6-16-15(8-12)22-17(25)9-26-16/h3-8H,9H2,1-2H3,(H,22,25). The van der Waals surface area contributed by atoms with Gasteiger partial charge in [-0.2, -0.15) is 5.10 Å². The van der Waals surface area contributed by atoms with Gasteiger partial charge in [-0.05, 0) is 42.8 Å². The van der Waals surface area contributed by atoms with Crippen LogP contribution in [0.5, 0.6) is 5.75 Å². The molecule has 0 saturated carbocycles. The summed E-state index contributed by atoms with van der Waals surface area (Å²) in [5.74, 6) is 0.490. The highest BCUT2D eigenvalue weighted by Gasteiger charge is 2.21. The molecule has 0 atom stereocenters. The number of halogens is 2. The molecule has 7 heteroatoms. The Balaban J connectivity index is 1.89. The van der Waals surface area contributed by atoms with Gasteiger partial charge in [0.2, 0.25) is 0 Å². The average molecular weight is 388 g/mol. The largest absolute Gasteiger partial charge is 0.482 e. The molecule has 0 fully saturated rings. The lowest BCUT2D eigenvalue weighted by Gasteiger charge is -2.19. The van der Waals surface area contributed by atoms with E-state index in [1.54, 1.807) is 6.07 Å². The maximum absolute atomic E-state index is 11.6. The summed E-state index contributed by atoms with van der Waals surface area (Å²) in [6, 6.07) is 11.2. The third kappa shape index (κ3) is 2.83. The molecule has 0 radical (unpaired) electrons. The van der Waals surface area contributed by atoms with Crippen molar-refractivity contribution in [2.75, 3.05) is 11.9 Å². The third-order valence-corrected chi connectivity index (χ3v) is 5.06. The van der Waals surface area contributed by atoms with E-state index in [9.17, 15) is 4.79 Å². The fourth-order valence-electron chi connectivity index (χ4n) is 3.22. The van der Waals surface area contributed by atoms with Gasteiger partial charge in [0.1, 0.15) is 5.75 Å². The zero-order valence-electron chi connectivity index (χ0n) is 14.1. The SMILES string of the molecule is Cc1nn(C)c(-c2ccc3c(c2)NC(=O)CO3)c1-c1ccc(Cl)c(Cl)c1. The van der Waals surface area contributed by atoms with E-state index in [0.717, 1.165) is 28.1 Å². The summed E-state index contributed by atoms with van der Waals surface area (Å²) < 4.78 is 7.26. The first-order chi connectivity index (χ1) is 12.4. The average Bonchev–Trinajstić information content (AvgIpc) is 2.90. The smallest absolute Gasteiger partial charge is 0.262 e. The Morgan fingerprint density at radius 3 is 2.65 bits per heavy atom. The van der Waals surface area contributed by atoms with E-state index in [0.29, 0.717) is 21.5 Å². The summed E-state index contributed by atoms with van der Waals surface area (Å²) in [5.41, 5.74) is 5.26. The summed E-state index contributed by atoms with van der Waals surface area (Å²) in [6.07, 6.45) is 0. The van der Waals surface area contributed by atoms with E-state index in [4.69, 9.17) is 27.9 Å². The second-order valence-corrected chi connectivity index (χ2v) is 6.92. The molecule has 1 aromatic heterocycles. The van der Waals surface area contributed by atoms with Gasteiger partial charge in [-0.1, -0.05) is 29.3 Å². The maximum atomic E-state index is 11.6. The topological polar surface area (TPSA) is 56.2 Å². The Morgan fingerprint density at radius 2 is 1.88 bits per heavy atom. The first kappa shape index (κ1) is 16.9. The molecular formula is C19H15Cl2N3O2. The Bertz CT molecular complexity index is 1040. The molecule has 0 aliphatic carbocycles. The molecule has 4 rings (SSSR count). The van der Waals surface area contributed by atoms with E-state index in [-0.39, 0.29) is 12.5 Å². The summed E-state index contributed by atoms with van der Waals surface area (Å²) >= 11 is 12.3. The minimum Gasteiger partial charge on any atom is -0.482 e. The minimum absolute atomic E-state index is 0.0334. The zero-order chi connectivity index (χ0) is 18.4. The fraction of sp³-hybridized carbons (Fsp3) is 0.158. The molecule has 2 heterocycles. The molecule has 2 aromatic carbocycles. The van der Waals surface area contributed by atoms with Gasteiger partial charge in [-0.3, -0.25) is 9.48 Å². The van der Waals surface area contributed by atoms with Crippen LogP contribution in [0.2, 0.25) is 10.0 Å². The van der Waals surface area contributed by atoms with Gasteiger partial charge in [0.15, 0.2) is 6.61 Å². The summed E-state index contributed by atoms with van der Waals surface area (Å²) in [4.78, 5) is 11.6. The number of anilines is 1. The quantitative estimate of drug-likeness (QED) is 0.693. The van der Waals surface area contributed by atoms with E-state index in [2.05, 4.69) is 10.4 Å². The lowest BCUT2D eigenvalue weighted by molar-refractivity contribution is -0.118. The summed E-state index contributed by atoms with van der Waals surface area (Å²) in [7, 11) is 1.89. The number of amides is 1. The van der Waals surface area contributed by atoms with Crippen molar-refractivity contribution in [1.82, 2.24) is 9.78 Å². The predicted molar refractivity (Wildman–Crippen MR) is 103 cm³/mol. The van der Waals surface area contributed by atoms with Crippen molar-refractivity contribution in [2.45, 2.75) is 6.92 Å². The molecule has 132 valence electrons. The van der Waals surface area contributed by atoms with Crippen LogP contribution in [0.15, 0.2) is 36.4 Å². The first-order valence-electron chi connectivity index (χ1n) is 8.00. The molecule has 1 N–H and O–H groups in total. The number of hydrogen-bond donors (Lipinski definition) is 1. The van der Waals surface area contributed by atoms with E-state index in [1.807, 2.05) is 49.0 Å². The molecule has 5 nitrogen and oxygen atoms in total. The number of carbonyl (C=O) groups is 1. The molecule has 1 aliphatic rings. The Labute approximate surface area is 160 Å². The predicted octanol–water partition coefficient (Wildman–Crippen LogP) is 4.70. The van der Waals surface area contributed by atoms with Crippen LogP contribution in [0.25, 0.3) is 22.4 Å². The highest BCUT2D eigenvalue weighted by atomic mass is 35.5. The van der Waals surface area contributed by atoms with Crippen molar-refractivity contribution in [3.8, 4) is 28.1 Å². The maximum Gasteiger partial charge on any atom is 0.262 e. The molecule has 0 bridgehead atoms. The highest BCUT2D eigenvalue weighted by Crippen LogP contribution is 2.39.